The summed E-state index contributed by atoms with van der Waals surface area (Å²) in [6.07, 6.45) is 2.51. The molecule has 108 valence electrons. The third-order valence-corrected chi connectivity index (χ3v) is 3.63. The first-order valence-corrected chi connectivity index (χ1v) is 7.11. The molecular formula is C13H16N2O4S. The molecule has 0 amide bonds. The van der Waals surface area contributed by atoms with Crippen LogP contribution in [0.2, 0.25) is 0 Å². The van der Waals surface area contributed by atoms with Crippen molar-refractivity contribution < 1.29 is 14.1 Å². The number of hydrogen-bond donors (Lipinski definition) is 1. The second-order valence-corrected chi connectivity index (χ2v) is 5.31. The van der Waals surface area contributed by atoms with E-state index < -0.39 is 0 Å². The summed E-state index contributed by atoms with van der Waals surface area (Å²) in [5.74, 6) is 0.823. The Morgan fingerprint density at radius 2 is 2.30 bits per heavy atom. The SMILES string of the molecule is O=[N+]([O-])c1ccc(CNCCCOCc2ccco2)s1. The second-order valence-electron chi connectivity index (χ2n) is 4.16. The highest BCUT2D eigenvalue weighted by Crippen LogP contribution is 2.23. The molecule has 20 heavy (non-hydrogen) atoms. The van der Waals surface area contributed by atoms with Gasteiger partial charge in [-0.25, -0.2) is 0 Å². The van der Waals surface area contributed by atoms with Crippen molar-refractivity contribution >= 4 is 16.3 Å². The molecule has 0 atom stereocenters. The van der Waals surface area contributed by atoms with Gasteiger partial charge in [0, 0.05) is 24.1 Å². The first-order chi connectivity index (χ1) is 9.75. The minimum absolute atomic E-state index is 0.184. The lowest BCUT2D eigenvalue weighted by Gasteiger charge is -2.03. The van der Waals surface area contributed by atoms with Crippen molar-refractivity contribution in [2.75, 3.05) is 13.2 Å². The Bertz CT molecular complexity index is 524. The normalized spacial score (nSPS) is 10.8. The number of furan rings is 1. The van der Waals surface area contributed by atoms with E-state index in [1.165, 1.54) is 17.4 Å². The van der Waals surface area contributed by atoms with Crippen molar-refractivity contribution in [3.8, 4) is 0 Å². The number of hydrogen-bond acceptors (Lipinski definition) is 6. The molecule has 0 saturated heterocycles. The van der Waals surface area contributed by atoms with Crippen LogP contribution in [0.25, 0.3) is 0 Å². The summed E-state index contributed by atoms with van der Waals surface area (Å²) in [4.78, 5) is 11.1. The van der Waals surface area contributed by atoms with Crippen molar-refractivity contribution in [3.05, 3.63) is 51.3 Å². The maximum atomic E-state index is 10.5. The van der Waals surface area contributed by atoms with Crippen LogP contribution in [-0.2, 0) is 17.9 Å². The van der Waals surface area contributed by atoms with Crippen LogP contribution in [0.4, 0.5) is 5.00 Å². The molecule has 7 heteroatoms. The number of nitro groups is 1. The van der Waals surface area contributed by atoms with Crippen molar-refractivity contribution in [2.45, 2.75) is 19.6 Å². The molecule has 2 aromatic heterocycles. The van der Waals surface area contributed by atoms with Crippen LogP contribution in [0.3, 0.4) is 0 Å². The molecule has 0 bridgehead atoms. The first-order valence-electron chi connectivity index (χ1n) is 6.29. The number of nitrogens with one attached hydrogen (secondary N) is 1. The lowest BCUT2D eigenvalue weighted by molar-refractivity contribution is -0.380. The lowest BCUT2D eigenvalue weighted by Crippen LogP contribution is -2.15. The summed E-state index contributed by atoms with van der Waals surface area (Å²) >= 11 is 1.20. The predicted octanol–water partition coefficient (Wildman–Crippen LogP) is 2.95. The predicted molar refractivity (Wildman–Crippen MR) is 75.7 cm³/mol. The molecule has 6 nitrogen and oxygen atoms in total. The molecule has 0 fully saturated rings. The van der Waals surface area contributed by atoms with Crippen LogP contribution in [-0.4, -0.2) is 18.1 Å². The van der Waals surface area contributed by atoms with Crippen LogP contribution in [0.1, 0.15) is 17.1 Å². The number of nitrogens with zero attached hydrogens (tertiary/aromatic N) is 1. The summed E-state index contributed by atoms with van der Waals surface area (Å²) in [7, 11) is 0. The molecule has 2 aromatic rings. The Hall–Kier alpha value is -1.70. The van der Waals surface area contributed by atoms with E-state index >= 15 is 0 Å². The summed E-state index contributed by atoms with van der Waals surface area (Å²) in [5.41, 5.74) is 0. The van der Waals surface area contributed by atoms with Gasteiger partial charge >= 0.3 is 5.00 Å². The Labute approximate surface area is 120 Å². The molecule has 0 unspecified atom stereocenters. The molecule has 2 rings (SSSR count). The number of thiophene rings is 1. The molecule has 0 aromatic carbocycles. The number of ether oxygens (including phenoxy) is 1. The molecule has 2 heterocycles. The Morgan fingerprint density at radius 3 is 3.00 bits per heavy atom. The van der Waals surface area contributed by atoms with E-state index in [2.05, 4.69) is 5.32 Å². The van der Waals surface area contributed by atoms with Gasteiger partial charge in [-0.15, -0.1) is 0 Å². The highest BCUT2D eigenvalue weighted by atomic mass is 32.1. The zero-order chi connectivity index (χ0) is 14.2. The quantitative estimate of drug-likeness (QED) is 0.437. The zero-order valence-corrected chi connectivity index (χ0v) is 11.7. The Morgan fingerprint density at radius 1 is 1.40 bits per heavy atom. The maximum Gasteiger partial charge on any atom is 0.324 e. The fourth-order valence-corrected chi connectivity index (χ4v) is 2.43. The first kappa shape index (κ1) is 14.7. The molecule has 0 aliphatic heterocycles. The molecule has 0 saturated carbocycles. The van der Waals surface area contributed by atoms with Crippen molar-refractivity contribution in [1.29, 1.82) is 0 Å². The van der Waals surface area contributed by atoms with Crippen LogP contribution >= 0.6 is 11.3 Å². The average molecular weight is 296 g/mol. The molecular weight excluding hydrogens is 280 g/mol. The van der Waals surface area contributed by atoms with Crippen LogP contribution < -0.4 is 5.32 Å². The monoisotopic (exact) mass is 296 g/mol. The van der Waals surface area contributed by atoms with Gasteiger partial charge in [0.2, 0.25) is 0 Å². The molecule has 0 aliphatic rings. The van der Waals surface area contributed by atoms with Gasteiger partial charge in [0.1, 0.15) is 12.4 Å². The van der Waals surface area contributed by atoms with Crippen molar-refractivity contribution in [1.82, 2.24) is 5.32 Å². The lowest BCUT2D eigenvalue weighted by atomic mass is 10.4. The largest absolute Gasteiger partial charge is 0.467 e. The summed E-state index contributed by atoms with van der Waals surface area (Å²) < 4.78 is 10.6. The van der Waals surface area contributed by atoms with Crippen LogP contribution in [0, 0.1) is 10.1 Å². The van der Waals surface area contributed by atoms with E-state index in [-0.39, 0.29) is 9.92 Å². The van der Waals surface area contributed by atoms with E-state index in [0.29, 0.717) is 19.8 Å². The summed E-state index contributed by atoms with van der Waals surface area (Å²) in [5, 5.41) is 13.9. The topological polar surface area (TPSA) is 77.5 Å². The van der Waals surface area contributed by atoms with Gasteiger partial charge in [-0.05, 0) is 31.2 Å². The molecule has 1 N–H and O–H groups in total. The minimum atomic E-state index is -0.364. The number of rotatable bonds is 9. The Kier molecular flexibility index (Phi) is 5.72. The van der Waals surface area contributed by atoms with Crippen molar-refractivity contribution in [2.24, 2.45) is 0 Å². The van der Waals surface area contributed by atoms with Gasteiger partial charge in [0.25, 0.3) is 0 Å². The fraction of sp³-hybridized carbons (Fsp3) is 0.385. The summed E-state index contributed by atoms with van der Waals surface area (Å²) in [6.45, 7) is 2.60. The molecule has 0 spiro atoms. The van der Waals surface area contributed by atoms with Crippen molar-refractivity contribution in [3.63, 3.8) is 0 Å². The van der Waals surface area contributed by atoms with Gasteiger partial charge in [-0.3, -0.25) is 10.1 Å². The smallest absolute Gasteiger partial charge is 0.324 e. The van der Waals surface area contributed by atoms with E-state index in [1.54, 1.807) is 12.3 Å². The average Bonchev–Trinajstić information content (AvgIpc) is 3.08. The van der Waals surface area contributed by atoms with Gasteiger partial charge in [-0.2, -0.15) is 0 Å². The van der Waals surface area contributed by atoms with E-state index in [0.717, 1.165) is 23.6 Å². The molecule has 0 radical (unpaired) electrons. The standard InChI is InChI=1S/C13H16N2O4S/c16-15(17)13-5-4-12(20-13)9-14-6-2-7-18-10-11-3-1-8-19-11/h1,3-5,8,14H,2,6-7,9-10H2. The van der Waals surface area contributed by atoms with E-state index in [4.69, 9.17) is 9.15 Å². The van der Waals surface area contributed by atoms with Gasteiger partial charge < -0.3 is 14.5 Å². The minimum Gasteiger partial charge on any atom is -0.467 e. The van der Waals surface area contributed by atoms with Gasteiger partial charge in [0.15, 0.2) is 0 Å². The van der Waals surface area contributed by atoms with Crippen LogP contribution in [0.5, 0.6) is 0 Å². The summed E-state index contributed by atoms with van der Waals surface area (Å²) in [6, 6.07) is 7.03. The third-order valence-electron chi connectivity index (χ3n) is 2.59. The Balaban J connectivity index is 1.52. The maximum absolute atomic E-state index is 10.5. The highest BCUT2D eigenvalue weighted by Gasteiger charge is 2.08. The molecule has 0 aliphatic carbocycles. The second kappa shape index (κ2) is 7.78. The van der Waals surface area contributed by atoms with Crippen LogP contribution in [0.15, 0.2) is 34.9 Å². The zero-order valence-electron chi connectivity index (χ0n) is 10.9. The van der Waals surface area contributed by atoms with Gasteiger partial charge in [0.05, 0.1) is 11.2 Å². The highest BCUT2D eigenvalue weighted by molar-refractivity contribution is 7.15. The fourth-order valence-electron chi connectivity index (χ4n) is 1.64. The third kappa shape index (κ3) is 4.76. The van der Waals surface area contributed by atoms with E-state index in [9.17, 15) is 10.1 Å². The van der Waals surface area contributed by atoms with Gasteiger partial charge in [-0.1, -0.05) is 11.3 Å². The van der Waals surface area contributed by atoms with E-state index in [1.807, 2.05) is 12.1 Å².